The Kier molecular flexibility index (Phi) is 6.31. The summed E-state index contributed by atoms with van der Waals surface area (Å²) in [6, 6.07) is 28.0. The molecule has 4 aromatic rings. The Morgan fingerprint density at radius 3 is 2.44 bits per heavy atom. The second-order valence-corrected chi connectivity index (χ2v) is 6.35. The summed E-state index contributed by atoms with van der Waals surface area (Å²) in [6.07, 6.45) is 5.05. The maximum Gasteiger partial charge on any atom is 0.115 e. The number of rotatable bonds is 3. The number of hydrogen-bond acceptors (Lipinski definition) is 1. The van der Waals surface area contributed by atoms with Crippen LogP contribution in [0.1, 0.15) is 11.1 Å². The van der Waals surface area contributed by atoms with Gasteiger partial charge in [-0.3, -0.25) is 0 Å². The molecule has 0 saturated heterocycles. The SMILES string of the molecule is Cc1c(-c2c[c-]c(N=[C-]c3ccccc3)c[n+]2C)ccc2ccccc12.[Y]. The first-order valence-electron chi connectivity index (χ1n) is 8.64. The van der Waals surface area contributed by atoms with Crippen molar-refractivity contribution in [3.8, 4) is 11.3 Å². The Hall–Kier alpha value is -2.16. The summed E-state index contributed by atoms with van der Waals surface area (Å²) in [4.78, 5) is 4.42. The van der Waals surface area contributed by atoms with Gasteiger partial charge in [0.25, 0.3) is 0 Å². The predicted molar refractivity (Wildman–Crippen MR) is 107 cm³/mol. The number of fused-ring (bicyclic) bond motifs is 1. The number of aryl methyl sites for hydroxylation is 2. The van der Waals surface area contributed by atoms with E-state index in [9.17, 15) is 0 Å². The first kappa shape index (κ1) is 19.6. The van der Waals surface area contributed by atoms with Crippen molar-refractivity contribution >= 4 is 22.7 Å². The maximum absolute atomic E-state index is 4.42. The molecule has 3 heteroatoms. The minimum Gasteiger partial charge on any atom is -0.372 e. The zero-order valence-corrected chi connectivity index (χ0v) is 18.3. The molecule has 0 saturated carbocycles. The standard InChI is InChI=1S/C24H19N2.Y/c1-18-22-11-7-6-10-20(22)12-14-23(18)24-15-13-21(17-26(24)2)25-16-19-8-4-3-5-9-19;/h3-12,14-15,17H,1-2H3;/q-1;. The van der Waals surface area contributed by atoms with Crippen molar-refractivity contribution in [3.05, 3.63) is 96.2 Å². The molecule has 0 amide bonds. The van der Waals surface area contributed by atoms with Gasteiger partial charge in [-0.25, -0.2) is 0 Å². The Morgan fingerprint density at radius 1 is 0.926 bits per heavy atom. The summed E-state index contributed by atoms with van der Waals surface area (Å²) in [5.41, 5.74) is 5.33. The molecule has 0 N–H and O–H groups in total. The minimum absolute atomic E-state index is 0. The van der Waals surface area contributed by atoms with E-state index in [1.807, 2.05) is 49.6 Å². The maximum atomic E-state index is 4.42. The van der Waals surface area contributed by atoms with Gasteiger partial charge in [0.15, 0.2) is 0 Å². The van der Waals surface area contributed by atoms with Crippen LogP contribution in [-0.4, -0.2) is 6.21 Å². The molecule has 0 aliphatic carbocycles. The second-order valence-electron chi connectivity index (χ2n) is 6.35. The van der Waals surface area contributed by atoms with E-state index in [0.717, 1.165) is 16.9 Å². The van der Waals surface area contributed by atoms with Gasteiger partial charge in [0.05, 0.1) is 0 Å². The molecule has 0 fully saturated rings. The third-order valence-corrected chi connectivity index (χ3v) is 4.61. The average Bonchev–Trinajstić information content (AvgIpc) is 2.68. The fourth-order valence-corrected chi connectivity index (χ4v) is 3.21. The summed E-state index contributed by atoms with van der Waals surface area (Å²) in [6.45, 7) is 2.17. The molecule has 0 atom stereocenters. The Morgan fingerprint density at radius 2 is 1.67 bits per heavy atom. The Balaban J connectivity index is 0.00000210. The van der Waals surface area contributed by atoms with Crippen LogP contribution in [0.2, 0.25) is 0 Å². The average molecular weight is 424 g/mol. The molecule has 0 unspecified atom stereocenters. The van der Waals surface area contributed by atoms with Crippen LogP contribution < -0.4 is 4.57 Å². The molecule has 129 valence electrons. The zero-order valence-electron chi connectivity index (χ0n) is 15.5. The van der Waals surface area contributed by atoms with Gasteiger partial charge in [0, 0.05) is 38.9 Å². The number of nitrogens with zero attached hydrogens (tertiary/aromatic N) is 2. The van der Waals surface area contributed by atoms with Gasteiger partial charge >= 0.3 is 0 Å². The largest absolute Gasteiger partial charge is 0.372 e. The van der Waals surface area contributed by atoms with Crippen molar-refractivity contribution in [1.29, 1.82) is 0 Å². The van der Waals surface area contributed by atoms with Crippen LogP contribution in [0, 0.1) is 13.0 Å². The number of aromatic nitrogens is 1. The first-order chi connectivity index (χ1) is 12.7. The summed E-state index contributed by atoms with van der Waals surface area (Å²) in [5, 5.41) is 2.54. The van der Waals surface area contributed by atoms with Gasteiger partial charge in [-0.1, -0.05) is 48.2 Å². The van der Waals surface area contributed by atoms with Crippen LogP contribution in [0.5, 0.6) is 0 Å². The molecule has 3 aromatic carbocycles. The summed E-state index contributed by atoms with van der Waals surface area (Å²) in [5.74, 6) is 0. The van der Waals surface area contributed by atoms with Crippen molar-refractivity contribution < 1.29 is 37.3 Å². The fraction of sp³-hybridized carbons (Fsp3) is 0.0833. The van der Waals surface area contributed by atoms with Gasteiger partial charge in [-0.15, -0.1) is 35.9 Å². The van der Waals surface area contributed by atoms with E-state index in [1.165, 1.54) is 21.9 Å². The molecule has 0 spiro atoms. The van der Waals surface area contributed by atoms with Gasteiger partial charge in [-0.2, -0.15) is 6.07 Å². The monoisotopic (exact) mass is 424 g/mol. The van der Waals surface area contributed by atoms with E-state index in [-0.39, 0.29) is 32.7 Å². The van der Waals surface area contributed by atoms with Crippen molar-refractivity contribution in [2.24, 2.45) is 12.0 Å². The van der Waals surface area contributed by atoms with E-state index >= 15 is 0 Å². The molecule has 1 heterocycles. The quantitative estimate of drug-likeness (QED) is 0.248. The first-order valence-corrected chi connectivity index (χ1v) is 8.64. The van der Waals surface area contributed by atoms with Crippen LogP contribution in [0.3, 0.4) is 0 Å². The minimum atomic E-state index is 0. The van der Waals surface area contributed by atoms with E-state index in [1.54, 1.807) is 0 Å². The van der Waals surface area contributed by atoms with Gasteiger partial charge < -0.3 is 9.56 Å². The van der Waals surface area contributed by atoms with Gasteiger partial charge in [0.1, 0.15) is 12.7 Å². The summed E-state index contributed by atoms with van der Waals surface area (Å²) < 4.78 is 2.10. The Bertz CT molecular complexity index is 1100. The molecule has 0 aliphatic heterocycles. The van der Waals surface area contributed by atoms with Gasteiger partial charge in [0.2, 0.25) is 0 Å². The van der Waals surface area contributed by atoms with Crippen molar-refractivity contribution in [3.63, 3.8) is 0 Å². The molecular formula is C24H19N2Y-. The second kappa shape index (κ2) is 8.69. The van der Waals surface area contributed by atoms with Crippen molar-refractivity contribution in [2.45, 2.75) is 6.92 Å². The topological polar surface area (TPSA) is 16.2 Å². The van der Waals surface area contributed by atoms with Crippen molar-refractivity contribution in [2.75, 3.05) is 0 Å². The van der Waals surface area contributed by atoms with Crippen LogP contribution >= 0.6 is 0 Å². The molecule has 0 bridgehead atoms. The van der Waals surface area contributed by atoms with Crippen molar-refractivity contribution in [1.82, 2.24) is 0 Å². The third kappa shape index (κ3) is 4.23. The molecule has 27 heavy (non-hydrogen) atoms. The number of aliphatic imine (C=N–C) groups is 1. The number of hydrogen-bond donors (Lipinski definition) is 0. The summed E-state index contributed by atoms with van der Waals surface area (Å²) >= 11 is 0. The van der Waals surface area contributed by atoms with Crippen LogP contribution in [0.25, 0.3) is 22.0 Å². The molecule has 2 nitrogen and oxygen atoms in total. The number of pyridine rings is 1. The van der Waals surface area contributed by atoms with E-state index < -0.39 is 0 Å². The number of benzene rings is 3. The van der Waals surface area contributed by atoms with Crippen LogP contribution in [0.4, 0.5) is 5.69 Å². The Labute approximate surface area is 185 Å². The smallest absolute Gasteiger partial charge is 0.115 e. The predicted octanol–water partition coefficient (Wildman–Crippen LogP) is 5.07. The van der Waals surface area contributed by atoms with E-state index in [4.69, 9.17) is 0 Å². The summed E-state index contributed by atoms with van der Waals surface area (Å²) in [7, 11) is 2.04. The molecule has 1 aromatic heterocycles. The molecule has 0 aliphatic rings. The van der Waals surface area contributed by atoms with Crippen LogP contribution in [-0.2, 0) is 39.8 Å². The van der Waals surface area contributed by atoms with Crippen LogP contribution in [0.15, 0.2) is 84.0 Å². The third-order valence-electron chi connectivity index (χ3n) is 4.61. The zero-order chi connectivity index (χ0) is 17.9. The van der Waals surface area contributed by atoms with Gasteiger partial charge in [-0.05, 0) is 35.0 Å². The van der Waals surface area contributed by atoms with E-state index in [0.29, 0.717) is 0 Å². The normalized spacial score (nSPS) is 10.9. The molecule has 1 radical (unpaired) electrons. The van der Waals surface area contributed by atoms with E-state index in [2.05, 4.69) is 65.2 Å². The fourth-order valence-electron chi connectivity index (χ4n) is 3.21. The molecule has 4 rings (SSSR count). The molecular weight excluding hydrogens is 405 g/mol.